The van der Waals surface area contributed by atoms with Crippen molar-refractivity contribution in [3.8, 4) is 0 Å². The number of fused-ring (bicyclic) bond motifs is 3. The van der Waals surface area contributed by atoms with Crippen molar-refractivity contribution in [2.24, 2.45) is 0 Å². The van der Waals surface area contributed by atoms with E-state index in [1.807, 2.05) is 12.1 Å². The minimum atomic E-state index is -1.60. The quantitative estimate of drug-likeness (QED) is 0.496. The predicted molar refractivity (Wildman–Crippen MR) is 86.3 cm³/mol. The van der Waals surface area contributed by atoms with Crippen molar-refractivity contribution in [1.82, 2.24) is 9.97 Å². The van der Waals surface area contributed by atoms with Gasteiger partial charge in [0.1, 0.15) is 0 Å². The Morgan fingerprint density at radius 3 is 1.65 bits per heavy atom. The van der Waals surface area contributed by atoms with Gasteiger partial charge in [0.05, 0.1) is 11.0 Å². The van der Waals surface area contributed by atoms with E-state index >= 15 is 0 Å². The number of carbonyl (C=O) groups is 2. The van der Waals surface area contributed by atoms with Crippen molar-refractivity contribution in [1.29, 1.82) is 0 Å². The van der Waals surface area contributed by atoms with Gasteiger partial charge in [-0.15, -0.1) is 0 Å². The molecule has 3 aromatic rings. The Morgan fingerprint density at radius 2 is 1.26 bits per heavy atom. The Morgan fingerprint density at radius 1 is 0.826 bits per heavy atom. The maximum absolute atomic E-state index is 10.1. The molecule has 0 aliphatic rings. The summed E-state index contributed by atoms with van der Waals surface area (Å²) in [5.74, 6) is -0.775. The molecule has 0 atom stereocenters. The number of aromatic nitrogens is 2. The summed E-state index contributed by atoms with van der Waals surface area (Å²) in [6, 6.07) is 12.1. The second kappa shape index (κ2) is 8.49. The fourth-order valence-corrected chi connectivity index (χ4v) is 2.67. The van der Waals surface area contributed by atoms with Gasteiger partial charge in [0.25, 0.3) is 0 Å². The molecule has 7 heteroatoms. The largest absolute Gasteiger partial charge is 0.254 e. The fourth-order valence-electron chi connectivity index (χ4n) is 1.79. The Labute approximate surface area is 145 Å². The van der Waals surface area contributed by atoms with Crippen LogP contribution in [0.1, 0.15) is 13.8 Å². The third-order valence-corrected chi connectivity index (χ3v) is 5.00. The molecule has 2 aromatic heterocycles. The van der Waals surface area contributed by atoms with Crippen molar-refractivity contribution in [2.45, 2.75) is 13.8 Å². The number of hydrogen-bond donors (Lipinski definition) is 0. The SMILES string of the molecule is CC(=O)[O][Po][O]C(C)=O.c1cnc2c(c1)ccc1cccnc12. The zero-order valence-electron chi connectivity index (χ0n) is 12.6. The molecule has 0 aliphatic carbocycles. The van der Waals surface area contributed by atoms with Crippen molar-refractivity contribution in [3.63, 3.8) is 0 Å². The van der Waals surface area contributed by atoms with Crippen molar-refractivity contribution >= 4 is 58.2 Å². The molecule has 2 heterocycles. The number of benzene rings is 1. The van der Waals surface area contributed by atoms with E-state index in [0.29, 0.717) is 0 Å². The van der Waals surface area contributed by atoms with Crippen LogP contribution in [-0.4, -0.2) is 46.4 Å². The van der Waals surface area contributed by atoms with Gasteiger partial charge >= 0.3 is 65.4 Å². The number of carbonyl (C=O) groups excluding carboxylic acids is 2. The molecule has 0 bridgehead atoms. The molecule has 0 saturated heterocycles. The molecule has 0 saturated carbocycles. The minimum absolute atomic E-state index is 0.388. The van der Waals surface area contributed by atoms with Gasteiger partial charge in [-0.3, -0.25) is 9.97 Å². The first-order valence-electron chi connectivity index (χ1n) is 6.68. The van der Waals surface area contributed by atoms with Gasteiger partial charge in [0, 0.05) is 23.2 Å². The average molecular weight is 507 g/mol. The molecule has 0 amide bonds. The van der Waals surface area contributed by atoms with E-state index in [1.54, 1.807) is 12.4 Å². The van der Waals surface area contributed by atoms with Crippen LogP contribution in [0.2, 0.25) is 0 Å². The molecule has 3 rings (SSSR count). The van der Waals surface area contributed by atoms with Gasteiger partial charge in [0.15, 0.2) is 0 Å². The van der Waals surface area contributed by atoms with Crippen molar-refractivity contribution in [3.05, 3.63) is 48.8 Å². The Balaban J connectivity index is 0.000000188. The monoisotopic (exact) mass is 507 g/mol. The standard InChI is InChI=1S/C12H8N2.2C2H4O2.Po/c1-3-9-5-6-10-4-2-8-14-12(10)11(9)13-7-1;2*1-2(3)4;/h1-8H;2*1H3,(H,3,4);/q;;;+2/p-2. The summed E-state index contributed by atoms with van der Waals surface area (Å²) in [5, 5.41) is 2.28. The second-order valence-corrected chi connectivity index (χ2v) is 6.26. The van der Waals surface area contributed by atoms with Gasteiger partial charge < -0.3 is 0 Å². The first kappa shape index (κ1) is 17.2. The molecule has 0 spiro atoms. The number of rotatable bonds is 2. The van der Waals surface area contributed by atoms with Gasteiger partial charge in [-0.05, 0) is 12.1 Å². The normalized spacial score (nSPS) is 9.83. The van der Waals surface area contributed by atoms with E-state index in [1.165, 1.54) is 13.8 Å². The molecule has 118 valence electrons. The zero-order valence-corrected chi connectivity index (χ0v) is 15.7. The van der Waals surface area contributed by atoms with E-state index in [2.05, 4.69) is 39.8 Å². The van der Waals surface area contributed by atoms with E-state index in [0.717, 1.165) is 21.8 Å². The summed E-state index contributed by atoms with van der Waals surface area (Å²) in [4.78, 5) is 28.8. The smallest absolute Gasteiger partial charge is 0.0964 e. The van der Waals surface area contributed by atoms with E-state index in [9.17, 15) is 9.59 Å². The van der Waals surface area contributed by atoms with Crippen LogP contribution in [0.25, 0.3) is 21.8 Å². The Bertz CT molecular complexity index is 770. The average Bonchev–Trinajstić information content (AvgIpc) is 2.55. The Kier molecular flexibility index (Phi) is 6.36. The van der Waals surface area contributed by atoms with Gasteiger partial charge in [-0.2, -0.15) is 0 Å². The van der Waals surface area contributed by atoms with Crippen LogP contribution in [0.4, 0.5) is 0 Å². The van der Waals surface area contributed by atoms with E-state index < -0.39 is 24.5 Å². The maximum atomic E-state index is 10.1. The van der Waals surface area contributed by atoms with Crippen LogP contribution in [-0.2, 0) is 15.1 Å². The minimum Gasteiger partial charge on any atom is -0.254 e. The van der Waals surface area contributed by atoms with Crippen molar-refractivity contribution < 1.29 is 15.1 Å². The fraction of sp³-hybridized carbons (Fsp3) is 0.125. The van der Waals surface area contributed by atoms with Crippen LogP contribution < -0.4 is 0 Å². The molecule has 0 radical (unpaired) electrons. The number of hydrogen-bond acceptors (Lipinski definition) is 6. The van der Waals surface area contributed by atoms with Crippen LogP contribution in [0, 0.1) is 0 Å². The molecule has 0 aliphatic heterocycles. The number of nitrogens with zero attached hydrogens (tertiary/aromatic N) is 2. The summed E-state index contributed by atoms with van der Waals surface area (Å²) in [7, 11) is 0. The van der Waals surface area contributed by atoms with Crippen LogP contribution >= 0.6 is 0 Å². The molecule has 6 nitrogen and oxygen atoms in total. The molecule has 1 aromatic carbocycles. The van der Waals surface area contributed by atoms with Crippen molar-refractivity contribution in [2.75, 3.05) is 0 Å². The molecule has 0 unspecified atom stereocenters. The molecule has 0 N–H and O–H groups in total. The van der Waals surface area contributed by atoms with E-state index in [-0.39, 0.29) is 11.9 Å². The summed E-state index contributed by atoms with van der Waals surface area (Å²) in [6.45, 7) is 2.56. The first-order chi connectivity index (χ1) is 11.1. The Hall–Kier alpha value is -2.12. The van der Waals surface area contributed by atoms with Gasteiger partial charge in [-0.25, -0.2) is 0 Å². The molecule has 0 fully saturated rings. The maximum Gasteiger partial charge on any atom is 0.0964 e. The third kappa shape index (κ3) is 5.22. The second-order valence-electron chi connectivity index (χ2n) is 4.43. The topological polar surface area (TPSA) is 78.4 Å². The summed E-state index contributed by atoms with van der Waals surface area (Å²) < 4.78 is 8.87. The third-order valence-electron chi connectivity index (χ3n) is 2.65. The van der Waals surface area contributed by atoms with Gasteiger partial charge in [-0.1, -0.05) is 24.3 Å². The molecule has 23 heavy (non-hydrogen) atoms. The number of pyridine rings is 2. The van der Waals surface area contributed by atoms with Crippen LogP contribution in [0.15, 0.2) is 48.8 Å². The van der Waals surface area contributed by atoms with Gasteiger partial charge in [0.2, 0.25) is 0 Å². The summed E-state index contributed by atoms with van der Waals surface area (Å²) in [5.41, 5.74) is 1.95. The molecular formula is C16H14N2O4Po. The van der Waals surface area contributed by atoms with Crippen LogP contribution in [0.5, 0.6) is 0 Å². The zero-order chi connectivity index (χ0) is 16.7. The summed E-state index contributed by atoms with van der Waals surface area (Å²) in [6.07, 6.45) is 3.60. The molecular weight excluding hydrogens is 493 g/mol. The summed E-state index contributed by atoms with van der Waals surface area (Å²) >= 11 is -1.60. The predicted octanol–water partition coefficient (Wildman–Crippen LogP) is 2.43. The van der Waals surface area contributed by atoms with Crippen LogP contribution in [0.3, 0.4) is 0 Å². The first-order valence-corrected chi connectivity index (χ1v) is 9.28. The van der Waals surface area contributed by atoms with E-state index in [4.69, 9.17) is 0 Å².